The van der Waals surface area contributed by atoms with Crippen LogP contribution in [0.5, 0.6) is 0 Å². The van der Waals surface area contributed by atoms with Crippen LogP contribution in [0.4, 0.5) is 16.4 Å². The number of benzene rings is 1. The minimum atomic E-state index is -0.320. The lowest BCUT2D eigenvalue weighted by molar-refractivity contribution is 0.0815. The standard InChI is InChI=1S/C19H22N6O2/c1-20-18-13-11-21-16(10-14(13)24-25-18)22-19(26)23-17(15-8-5-9-27-15)12-6-3-2-4-7-12/h2-4,6-7,10-11,15,17H,5,8-9H2,1H3,(H2,20,24,25)(H2,21,22,23,26)/t15-,17?/m1/s1. The normalized spacial score (nSPS) is 17.6. The molecule has 1 aliphatic rings. The van der Waals surface area contributed by atoms with Gasteiger partial charge in [-0.3, -0.25) is 10.4 Å². The van der Waals surface area contributed by atoms with Crippen molar-refractivity contribution in [3.05, 3.63) is 48.2 Å². The van der Waals surface area contributed by atoms with Gasteiger partial charge in [-0.25, -0.2) is 9.78 Å². The van der Waals surface area contributed by atoms with E-state index in [1.165, 1.54) is 0 Å². The first kappa shape index (κ1) is 17.3. The van der Waals surface area contributed by atoms with Crippen molar-refractivity contribution in [3.8, 4) is 0 Å². The van der Waals surface area contributed by atoms with Gasteiger partial charge in [-0.15, -0.1) is 0 Å². The Morgan fingerprint density at radius 3 is 2.93 bits per heavy atom. The number of rotatable bonds is 5. The second kappa shape index (κ2) is 7.63. The van der Waals surface area contributed by atoms with E-state index in [-0.39, 0.29) is 18.2 Å². The topological polar surface area (TPSA) is 104 Å². The predicted molar refractivity (Wildman–Crippen MR) is 104 cm³/mol. The summed E-state index contributed by atoms with van der Waals surface area (Å²) >= 11 is 0. The van der Waals surface area contributed by atoms with Gasteiger partial charge in [0.15, 0.2) is 5.82 Å². The average Bonchev–Trinajstić information content (AvgIpc) is 3.36. The predicted octanol–water partition coefficient (Wildman–Crippen LogP) is 3.04. The van der Waals surface area contributed by atoms with Crippen LogP contribution >= 0.6 is 0 Å². The van der Waals surface area contributed by atoms with Crippen molar-refractivity contribution < 1.29 is 9.53 Å². The number of carbonyl (C=O) groups is 1. The maximum Gasteiger partial charge on any atom is 0.320 e. The molecule has 140 valence electrons. The Morgan fingerprint density at radius 2 is 2.19 bits per heavy atom. The summed E-state index contributed by atoms with van der Waals surface area (Å²) in [5, 5.41) is 16.8. The van der Waals surface area contributed by atoms with Gasteiger partial charge in [0.05, 0.1) is 23.0 Å². The van der Waals surface area contributed by atoms with Crippen molar-refractivity contribution in [1.29, 1.82) is 0 Å². The van der Waals surface area contributed by atoms with E-state index in [0.29, 0.717) is 5.82 Å². The zero-order valence-corrected chi connectivity index (χ0v) is 15.0. The van der Waals surface area contributed by atoms with E-state index in [4.69, 9.17) is 4.74 Å². The second-order valence-corrected chi connectivity index (χ2v) is 6.48. The van der Waals surface area contributed by atoms with Crippen molar-refractivity contribution >= 4 is 28.6 Å². The van der Waals surface area contributed by atoms with E-state index in [0.717, 1.165) is 41.7 Å². The number of urea groups is 1. The van der Waals surface area contributed by atoms with E-state index >= 15 is 0 Å². The van der Waals surface area contributed by atoms with Gasteiger partial charge in [0.2, 0.25) is 0 Å². The van der Waals surface area contributed by atoms with Crippen molar-refractivity contribution in [3.63, 3.8) is 0 Å². The molecule has 0 radical (unpaired) electrons. The van der Waals surface area contributed by atoms with Crippen LogP contribution in [0.15, 0.2) is 42.6 Å². The molecule has 27 heavy (non-hydrogen) atoms. The molecule has 2 atom stereocenters. The Morgan fingerprint density at radius 1 is 1.33 bits per heavy atom. The number of pyridine rings is 1. The maximum absolute atomic E-state index is 12.6. The van der Waals surface area contributed by atoms with E-state index in [1.807, 2.05) is 30.3 Å². The number of aromatic nitrogens is 3. The fourth-order valence-electron chi connectivity index (χ4n) is 3.38. The average molecular weight is 366 g/mol. The summed E-state index contributed by atoms with van der Waals surface area (Å²) in [6, 6.07) is 11.1. The molecule has 0 bridgehead atoms. The third-order valence-electron chi connectivity index (χ3n) is 4.71. The molecule has 4 N–H and O–H groups in total. The number of nitrogens with one attached hydrogen (secondary N) is 4. The summed E-state index contributed by atoms with van der Waals surface area (Å²) in [7, 11) is 1.80. The van der Waals surface area contributed by atoms with Crippen LogP contribution in [0.1, 0.15) is 24.4 Å². The number of amides is 2. The Bertz CT molecular complexity index is 920. The molecule has 2 amide bonds. The van der Waals surface area contributed by atoms with E-state index in [2.05, 4.69) is 31.1 Å². The van der Waals surface area contributed by atoms with Crippen LogP contribution < -0.4 is 16.0 Å². The Labute approximate surface area is 156 Å². The highest BCUT2D eigenvalue weighted by atomic mass is 16.5. The van der Waals surface area contributed by atoms with Gasteiger partial charge in [-0.1, -0.05) is 30.3 Å². The molecule has 3 heterocycles. The monoisotopic (exact) mass is 366 g/mol. The van der Waals surface area contributed by atoms with Crippen molar-refractivity contribution in [2.75, 3.05) is 24.3 Å². The third-order valence-corrected chi connectivity index (χ3v) is 4.71. The van der Waals surface area contributed by atoms with Gasteiger partial charge in [0, 0.05) is 25.9 Å². The first-order valence-electron chi connectivity index (χ1n) is 9.00. The summed E-state index contributed by atoms with van der Waals surface area (Å²) in [6.07, 6.45) is 3.57. The molecule has 1 unspecified atom stereocenters. The molecule has 2 aromatic heterocycles. The molecule has 1 saturated heterocycles. The summed E-state index contributed by atoms with van der Waals surface area (Å²) in [4.78, 5) is 16.9. The van der Waals surface area contributed by atoms with Crippen molar-refractivity contribution in [2.45, 2.75) is 25.0 Å². The molecule has 8 heteroatoms. The van der Waals surface area contributed by atoms with Gasteiger partial charge in [0.25, 0.3) is 0 Å². The van der Waals surface area contributed by atoms with Gasteiger partial charge in [-0.05, 0) is 18.4 Å². The van der Waals surface area contributed by atoms with Crippen molar-refractivity contribution in [2.24, 2.45) is 0 Å². The van der Waals surface area contributed by atoms with Crippen LogP contribution in [0.25, 0.3) is 10.9 Å². The molecular formula is C19H22N6O2. The summed E-state index contributed by atoms with van der Waals surface area (Å²) in [5.74, 6) is 1.17. The number of H-pyrrole nitrogens is 1. The highest BCUT2D eigenvalue weighted by molar-refractivity contribution is 5.94. The van der Waals surface area contributed by atoms with E-state index in [9.17, 15) is 4.79 Å². The Kier molecular flexibility index (Phi) is 4.88. The first-order valence-corrected chi connectivity index (χ1v) is 9.00. The Balaban J connectivity index is 1.49. The van der Waals surface area contributed by atoms with Crippen LogP contribution in [-0.4, -0.2) is 41.0 Å². The zero-order valence-electron chi connectivity index (χ0n) is 15.0. The Hall–Kier alpha value is -3.13. The molecule has 3 aromatic rings. The molecule has 4 rings (SSSR count). The highest BCUT2D eigenvalue weighted by Crippen LogP contribution is 2.27. The third kappa shape index (κ3) is 3.70. The molecule has 0 saturated carbocycles. The van der Waals surface area contributed by atoms with Crippen LogP contribution in [0, 0.1) is 0 Å². The number of hydrogen-bond donors (Lipinski definition) is 4. The van der Waals surface area contributed by atoms with E-state index < -0.39 is 0 Å². The number of hydrogen-bond acceptors (Lipinski definition) is 5. The van der Waals surface area contributed by atoms with Crippen molar-refractivity contribution in [1.82, 2.24) is 20.5 Å². The molecular weight excluding hydrogens is 344 g/mol. The molecule has 1 fully saturated rings. The first-order chi connectivity index (χ1) is 13.2. The van der Waals surface area contributed by atoms with Crippen LogP contribution in [0.2, 0.25) is 0 Å². The van der Waals surface area contributed by atoms with E-state index in [1.54, 1.807) is 19.3 Å². The van der Waals surface area contributed by atoms with Gasteiger partial charge < -0.3 is 15.4 Å². The minimum Gasteiger partial charge on any atom is -0.376 e. The minimum absolute atomic E-state index is 0.0283. The highest BCUT2D eigenvalue weighted by Gasteiger charge is 2.28. The maximum atomic E-state index is 12.6. The lowest BCUT2D eigenvalue weighted by atomic mass is 9.99. The number of anilines is 2. The molecule has 0 aliphatic carbocycles. The zero-order chi connectivity index (χ0) is 18.6. The number of fused-ring (bicyclic) bond motifs is 1. The SMILES string of the molecule is CNc1n[nH]c2cc(NC(=O)NC(c3ccccc3)[C@H]3CCCO3)ncc12. The van der Waals surface area contributed by atoms with Gasteiger partial charge >= 0.3 is 6.03 Å². The molecule has 1 aliphatic heterocycles. The molecule has 1 aromatic carbocycles. The lowest BCUT2D eigenvalue weighted by Gasteiger charge is -2.24. The number of ether oxygens (including phenoxy) is 1. The largest absolute Gasteiger partial charge is 0.376 e. The van der Waals surface area contributed by atoms with Crippen LogP contribution in [0.3, 0.4) is 0 Å². The summed E-state index contributed by atoms with van der Waals surface area (Å²) < 4.78 is 5.82. The second-order valence-electron chi connectivity index (χ2n) is 6.48. The van der Waals surface area contributed by atoms with Crippen LogP contribution in [-0.2, 0) is 4.74 Å². The molecule has 0 spiro atoms. The number of nitrogens with zero attached hydrogens (tertiary/aromatic N) is 2. The number of carbonyl (C=O) groups excluding carboxylic acids is 1. The summed E-state index contributed by atoms with van der Waals surface area (Å²) in [5.41, 5.74) is 1.82. The number of aromatic amines is 1. The fourth-order valence-corrected chi connectivity index (χ4v) is 3.38. The molecule has 8 nitrogen and oxygen atoms in total. The fraction of sp³-hybridized carbons (Fsp3) is 0.316. The summed E-state index contributed by atoms with van der Waals surface area (Å²) in [6.45, 7) is 0.725. The lowest BCUT2D eigenvalue weighted by Crippen LogP contribution is -2.38. The quantitative estimate of drug-likeness (QED) is 0.556. The van der Waals surface area contributed by atoms with Gasteiger partial charge in [0.1, 0.15) is 5.82 Å². The smallest absolute Gasteiger partial charge is 0.320 e. The van der Waals surface area contributed by atoms with Gasteiger partial charge in [-0.2, -0.15) is 5.10 Å².